The van der Waals surface area contributed by atoms with Crippen LogP contribution in [-0.2, 0) is 0 Å². The highest BCUT2D eigenvalue weighted by Gasteiger charge is 2.13. The van der Waals surface area contributed by atoms with Gasteiger partial charge in [-0.2, -0.15) is 0 Å². The first kappa shape index (κ1) is 22.0. The minimum absolute atomic E-state index is 0.0596. The molecule has 0 saturated carbocycles. The summed E-state index contributed by atoms with van der Waals surface area (Å²) in [6.07, 6.45) is 21.2. The highest BCUT2D eigenvalue weighted by molar-refractivity contribution is 4.65. The Kier molecular flexibility index (Phi) is 17.3. The lowest BCUT2D eigenvalue weighted by molar-refractivity contribution is 0.0985. The Bertz CT molecular complexity index is 202. The minimum atomic E-state index is -0.0596. The van der Waals surface area contributed by atoms with Crippen LogP contribution in [0.3, 0.4) is 0 Å². The molecule has 1 nitrogen and oxygen atoms in total. The lowest BCUT2D eigenvalue weighted by atomic mass is 9.93. The summed E-state index contributed by atoms with van der Waals surface area (Å²) >= 11 is 0. The third kappa shape index (κ3) is 14.9. The van der Waals surface area contributed by atoms with Gasteiger partial charge in [0.1, 0.15) is 0 Å². The van der Waals surface area contributed by atoms with Gasteiger partial charge in [0.15, 0.2) is 0 Å². The molecular formula is C21H44O. The van der Waals surface area contributed by atoms with E-state index in [0.717, 1.165) is 6.42 Å². The number of hydrogen-bond donors (Lipinski definition) is 1. The van der Waals surface area contributed by atoms with Gasteiger partial charge in [-0.3, -0.25) is 0 Å². The molecule has 134 valence electrons. The molecule has 0 aromatic carbocycles. The first-order valence-corrected chi connectivity index (χ1v) is 10.4. The first-order chi connectivity index (χ1) is 10.7. The Balaban J connectivity index is 3.28. The van der Waals surface area contributed by atoms with Crippen molar-refractivity contribution in [1.82, 2.24) is 0 Å². The van der Waals surface area contributed by atoms with E-state index in [9.17, 15) is 5.11 Å². The van der Waals surface area contributed by atoms with Crippen molar-refractivity contribution in [2.45, 2.75) is 130 Å². The van der Waals surface area contributed by atoms with Gasteiger partial charge >= 0.3 is 0 Å². The van der Waals surface area contributed by atoms with Crippen LogP contribution < -0.4 is 0 Å². The zero-order valence-electron chi connectivity index (χ0n) is 15.9. The zero-order chi connectivity index (χ0) is 16.5. The summed E-state index contributed by atoms with van der Waals surface area (Å²) in [5.74, 6) is 0.496. The van der Waals surface area contributed by atoms with Crippen molar-refractivity contribution in [2.75, 3.05) is 0 Å². The summed E-state index contributed by atoms with van der Waals surface area (Å²) in [5.41, 5.74) is 0. The molecule has 2 atom stereocenters. The summed E-state index contributed by atoms with van der Waals surface area (Å²) in [6, 6.07) is 0. The molecule has 1 heteroatoms. The minimum Gasteiger partial charge on any atom is -0.393 e. The van der Waals surface area contributed by atoms with E-state index in [1.807, 2.05) is 0 Å². The van der Waals surface area contributed by atoms with Gasteiger partial charge in [-0.15, -0.1) is 0 Å². The van der Waals surface area contributed by atoms with Crippen LogP contribution in [0, 0.1) is 5.92 Å². The second-order valence-electron chi connectivity index (χ2n) is 7.36. The van der Waals surface area contributed by atoms with Crippen LogP contribution in [0.4, 0.5) is 0 Å². The van der Waals surface area contributed by atoms with Gasteiger partial charge in [-0.05, 0) is 18.8 Å². The van der Waals surface area contributed by atoms with Crippen LogP contribution in [0.5, 0.6) is 0 Å². The SMILES string of the molecule is CCCCCCCCCCCCC(O)C(C)CCCCCC. The average molecular weight is 313 g/mol. The topological polar surface area (TPSA) is 20.2 Å². The van der Waals surface area contributed by atoms with Crippen molar-refractivity contribution < 1.29 is 5.11 Å². The largest absolute Gasteiger partial charge is 0.393 e. The molecule has 0 aliphatic carbocycles. The average Bonchev–Trinajstić information content (AvgIpc) is 2.53. The molecule has 0 aromatic rings. The number of aliphatic hydroxyl groups is 1. The molecule has 0 heterocycles. The summed E-state index contributed by atoms with van der Waals surface area (Å²) in [6.45, 7) is 6.76. The maximum atomic E-state index is 10.2. The van der Waals surface area contributed by atoms with Gasteiger partial charge < -0.3 is 5.11 Å². The fourth-order valence-electron chi connectivity index (χ4n) is 3.21. The summed E-state index contributed by atoms with van der Waals surface area (Å²) in [7, 11) is 0. The van der Waals surface area contributed by atoms with Crippen LogP contribution in [0.25, 0.3) is 0 Å². The normalized spacial score (nSPS) is 14.2. The Morgan fingerprint density at radius 3 is 1.41 bits per heavy atom. The molecular weight excluding hydrogens is 268 g/mol. The van der Waals surface area contributed by atoms with Crippen molar-refractivity contribution in [1.29, 1.82) is 0 Å². The van der Waals surface area contributed by atoms with Crippen LogP contribution in [0.1, 0.15) is 124 Å². The van der Waals surface area contributed by atoms with Gasteiger partial charge in [0.25, 0.3) is 0 Å². The Labute approximate surface area is 141 Å². The van der Waals surface area contributed by atoms with Crippen LogP contribution in [-0.4, -0.2) is 11.2 Å². The van der Waals surface area contributed by atoms with Crippen LogP contribution in [0.15, 0.2) is 0 Å². The Morgan fingerprint density at radius 1 is 0.545 bits per heavy atom. The smallest absolute Gasteiger partial charge is 0.0565 e. The summed E-state index contributed by atoms with van der Waals surface area (Å²) in [4.78, 5) is 0. The highest BCUT2D eigenvalue weighted by Crippen LogP contribution is 2.19. The molecule has 0 saturated heterocycles. The maximum absolute atomic E-state index is 10.2. The molecule has 0 radical (unpaired) electrons. The van der Waals surface area contributed by atoms with Gasteiger partial charge in [0, 0.05) is 0 Å². The maximum Gasteiger partial charge on any atom is 0.0565 e. The van der Waals surface area contributed by atoms with Crippen LogP contribution >= 0.6 is 0 Å². The monoisotopic (exact) mass is 312 g/mol. The fourth-order valence-corrected chi connectivity index (χ4v) is 3.21. The lowest BCUT2D eigenvalue weighted by Crippen LogP contribution is -2.17. The van der Waals surface area contributed by atoms with E-state index in [-0.39, 0.29) is 6.10 Å². The number of unbranched alkanes of at least 4 members (excludes halogenated alkanes) is 12. The quantitative estimate of drug-likeness (QED) is 0.280. The first-order valence-electron chi connectivity index (χ1n) is 10.4. The van der Waals surface area contributed by atoms with Crippen molar-refractivity contribution in [3.05, 3.63) is 0 Å². The van der Waals surface area contributed by atoms with Crippen molar-refractivity contribution in [2.24, 2.45) is 5.92 Å². The highest BCUT2D eigenvalue weighted by atomic mass is 16.3. The van der Waals surface area contributed by atoms with E-state index in [4.69, 9.17) is 0 Å². The fraction of sp³-hybridized carbons (Fsp3) is 1.00. The van der Waals surface area contributed by atoms with E-state index in [2.05, 4.69) is 20.8 Å². The molecule has 1 N–H and O–H groups in total. The molecule has 0 aliphatic heterocycles. The summed E-state index contributed by atoms with van der Waals surface area (Å²) in [5, 5.41) is 10.2. The molecule has 22 heavy (non-hydrogen) atoms. The predicted molar refractivity (Wildman–Crippen MR) is 100 cm³/mol. The Hall–Kier alpha value is -0.0400. The number of hydrogen-bond acceptors (Lipinski definition) is 1. The standard InChI is InChI=1S/C21H44O/c1-4-6-8-10-11-12-13-14-15-17-19-21(22)20(3)18-16-9-7-5-2/h20-22H,4-19H2,1-3H3. The van der Waals surface area contributed by atoms with Gasteiger partial charge in [-0.25, -0.2) is 0 Å². The number of rotatable bonds is 17. The van der Waals surface area contributed by atoms with E-state index < -0.39 is 0 Å². The molecule has 2 unspecified atom stereocenters. The van der Waals surface area contributed by atoms with Gasteiger partial charge in [0.05, 0.1) is 6.10 Å². The van der Waals surface area contributed by atoms with E-state index >= 15 is 0 Å². The zero-order valence-corrected chi connectivity index (χ0v) is 15.9. The predicted octanol–water partition coefficient (Wildman–Crippen LogP) is 7.26. The molecule has 0 spiro atoms. The molecule has 0 bridgehead atoms. The third-order valence-electron chi connectivity index (χ3n) is 5.02. The molecule has 0 amide bonds. The van der Waals surface area contributed by atoms with E-state index in [0.29, 0.717) is 5.92 Å². The number of aliphatic hydroxyl groups excluding tert-OH is 1. The second-order valence-corrected chi connectivity index (χ2v) is 7.36. The van der Waals surface area contributed by atoms with E-state index in [1.54, 1.807) is 0 Å². The van der Waals surface area contributed by atoms with Crippen LogP contribution in [0.2, 0.25) is 0 Å². The molecule has 0 aliphatic rings. The third-order valence-corrected chi connectivity index (χ3v) is 5.02. The van der Waals surface area contributed by atoms with Gasteiger partial charge in [-0.1, -0.05) is 111 Å². The Morgan fingerprint density at radius 2 is 0.909 bits per heavy atom. The van der Waals surface area contributed by atoms with Crippen molar-refractivity contribution >= 4 is 0 Å². The van der Waals surface area contributed by atoms with Crippen molar-refractivity contribution in [3.8, 4) is 0 Å². The molecule has 0 rings (SSSR count). The molecule has 0 fully saturated rings. The van der Waals surface area contributed by atoms with Crippen molar-refractivity contribution in [3.63, 3.8) is 0 Å². The second kappa shape index (κ2) is 17.3. The van der Waals surface area contributed by atoms with Gasteiger partial charge in [0.2, 0.25) is 0 Å². The molecule has 0 aromatic heterocycles. The lowest BCUT2D eigenvalue weighted by Gasteiger charge is -2.18. The summed E-state index contributed by atoms with van der Waals surface area (Å²) < 4.78 is 0. The van der Waals surface area contributed by atoms with E-state index in [1.165, 1.54) is 96.3 Å².